The van der Waals surface area contributed by atoms with Crippen LogP contribution in [-0.4, -0.2) is 56.2 Å². The maximum Gasteiger partial charge on any atom is 0.191 e. The maximum atomic E-state index is 5.68. The Morgan fingerprint density at radius 2 is 1.96 bits per heavy atom. The highest BCUT2D eigenvalue weighted by Crippen LogP contribution is 2.25. The molecule has 1 aliphatic rings. The first kappa shape index (κ1) is 21.0. The molecule has 1 saturated carbocycles. The Morgan fingerprint density at radius 1 is 1.21 bits per heavy atom. The Bertz CT molecular complexity index is 465. The second-order valence-corrected chi connectivity index (χ2v) is 5.71. The monoisotopic (exact) mass is 446 g/mol. The molecule has 2 N–H and O–H groups in total. The first-order valence-electron chi connectivity index (χ1n) is 8.77. The number of ether oxygens (including phenoxy) is 1. The van der Waals surface area contributed by atoms with E-state index in [2.05, 4.69) is 34.4 Å². The fourth-order valence-corrected chi connectivity index (χ4v) is 2.53. The number of aliphatic imine (C=N–C) groups is 1. The minimum atomic E-state index is 0. The molecule has 1 aromatic carbocycles. The summed E-state index contributed by atoms with van der Waals surface area (Å²) in [4.78, 5) is 7.17. The van der Waals surface area contributed by atoms with Gasteiger partial charge in [-0.05, 0) is 38.4 Å². The van der Waals surface area contributed by atoms with Gasteiger partial charge >= 0.3 is 0 Å². The summed E-state index contributed by atoms with van der Waals surface area (Å²) in [7, 11) is 0. The van der Waals surface area contributed by atoms with Gasteiger partial charge in [-0.25, -0.2) is 0 Å². The molecule has 0 unspecified atom stereocenters. The Balaban J connectivity index is 0.00000288. The minimum Gasteiger partial charge on any atom is -0.492 e. The number of halogens is 1. The maximum absolute atomic E-state index is 5.68. The highest BCUT2D eigenvalue weighted by atomic mass is 127. The number of hydrogen-bond acceptors (Lipinski definition) is 3. The van der Waals surface area contributed by atoms with Crippen molar-refractivity contribution in [2.45, 2.75) is 32.7 Å². The summed E-state index contributed by atoms with van der Waals surface area (Å²) in [5.41, 5.74) is 0. The number of benzene rings is 1. The lowest BCUT2D eigenvalue weighted by Gasteiger charge is -2.19. The van der Waals surface area contributed by atoms with Crippen LogP contribution in [0.1, 0.15) is 26.7 Å². The smallest absolute Gasteiger partial charge is 0.191 e. The summed E-state index contributed by atoms with van der Waals surface area (Å²) >= 11 is 0. The zero-order valence-electron chi connectivity index (χ0n) is 14.8. The van der Waals surface area contributed by atoms with Crippen molar-refractivity contribution < 1.29 is 4.74 Å². The molecule has 1 aromatic rings. The predicted molar refractivity (Wildman–Crippen MR) is 112 cm³/mol. The lowest BCUT2D eigenvalue weighted by atomic mass is 10.3. The highest BCUT2D eigenvalue weighted by molar-refractivity contribution is 14.0. The van der Waals surface area contributed by atoms with Crippen molar-refractivity contribution in [2.75, 3.05) is 39.3 Å². The average molecular weight is 446 g/mol. The molecule has 1 aliphatic carbocycles. The van der Waals surface area contributed by atoms with E-state index in [1.54, 1.807) is 0 Å². The van der Waals surface area contributed by atoms with Gasteiger partial charge in [-0.3, -0.25) is 9.89 Å². The van der Waals surface area contributed by atoms with Crippen LogP contribution in [0.3, 0.4) is 0 Å². The van der Waals surface area contributed by atoms with Crippen molar-refractivity contribution in [3.8, 4) is 5.75 Å². The number of nitrogens with zero attached hydrogens (tertiary/aromatic N) is 2. The molecule has 0 radical (unpaired) electrons. The van der Waals surface area contributed by atoms with Gasteiger partial charge in [-0.15, -0.1) is 24.0 Å². The van der Waals surface area contributed by atoms with E-state index < -0.39 is 0 Å². The third kappa shape index (κ3) is 8.19. The van der Waals surface area contributed by atoms with Gasteiger partial charge in [-0.2, -0.15) is 0 Å². The fourth-order valence-electron chi connectivity index (χ4n) is 2.53. The zero-order chi connectivity index (χ0) is 16.3. The largest absolute Gasteiger partial charge is 0.492 e. The lowest BCUT2D eigenvalue weighted by molar-refractivity contribution is 0.286. The highest BCUT2D eigenvalue weighted by Gasteiger charge is 2.27. The van der Waals surface area contributed by atoms with Crippen molar-refractivity contribution >= 4 is 29.9 Å². The second kappa shape index (κ2) is 12.4. The van der Waals surface area contributed by atoms with Crippen molar-refractivity contribution in [3.05, 3.63) is 30.3 Å². The summed E-state index contributed by atoms with van der Waals surface area (Å²) in [6, 6.07) is 10.7. The van der Waals surface area contributed by atoms with Gasteiger partial charge in [0.15, 0.2) is 5.96 Å². The molecule has 0 aromatic heterocycles. The molecule has 136 valence electrons. The van der Waals surface area contributed by atoms with Crippen molar-refractivity contribution in [1.82, 2.24) is 15.5 Å². The van der Waals surface area contributed by atoms with Crippen LogP contribution in [0.2, 0.25) is 0 Å². The Labute approximate surface area is 163 Å². The second-order valence-electron chi connectivity index (χ2n) is 5.71. The summed E-state index contributed by atoms with van der Waals surface area (Å²) in [6.45, 7) is 9.53. The molecule has 5 nitrogen and oxygen atoms in total. The van der Waals surface area contributed by atoms with Gasteiger partial charge in [0.2, 0.25) is 0 Å². The third-order valence-electron chi connectivity index (χ3n) is 3.88. The van der Waals surface area contributed by atoms with Gasteiger partial charge in [-0.1, -0.05) is 25.1 Å². The summed E-state index contributed by atoms with van der Waals surface area (Å²) in [5, 5.41) is 6.61. The molecule has 0 bridgehead atoms. The normalized spacial score (nSPS) is 14.2. The van der Waals surface area contributed by atoms with Crippen LogP contribution in [0, 0.1) is 0 Å². The number of likely N-dealkylation sites (N-methyl/N-ethyl adjacent to an activating group) is 1. The van der Waals surface area contributed by atoms with E-state index in [1.165, 1.54) is 12.8 Å². The first-order valence-corrected chi connectivity index (χ1v) is 8.77. The zero-order valence-corrected chi connectivity index (χ0v) is 17.2. The SMILES string of the molecule is CCNC(=NCCN(CC)C1CC1)NCCOc1ccccc1.I. The molecule has 6 heteroatoms. The summed E-state index contributed by atoms with van der Waals surface area (Å²) in [6.07, 6.45) is 2.71. The van der Waals surface area contributed by atoms with Crippen LogP contribution in [0.4, 0.5) is 0 Å². The van der Waals surface area contributed by atoms with Gasteiger partial charge in [0.05, 0.1) is 13.1 Å². The Morgan fingerprint density at radius 3 is 2.58 bits per heavy atom. The predicted octanol–water partition coefficient (Wildman–Crippen LogP) is 2.72. The van der Waals surface area contributed by atoms with Crippen LogP contribution in [0.25, 0.3) is 0 Å². The van der Waals surface area contributed by atoms with E-state index in [0.29, 0.717) is 6.61 Å². The minimum absolute atomic E-state index is 0. The van der Waals surface area contributed by atoms with Crippen LogP contribution in [0.5, 0.6) is 5.75 Å². The quantitative estimate of drug-likeness (QED) is 0.251. The molecule has 0 amide bonds. The topological polar surface area (TPSA) is 48.9 Å². The molecule has 0 heterocycles. The molecule has 0 atom stereocenters. The first-order chi connectivity index (χ1) is 11.3. The van der Waals surface area contributed by atoms with Crippen molar-refractivity contribution in [2.24, 2.45) is 4.99 Å². The van der Waals surface area contributed by atoms with Gasteiger partial charge in [0, 0.05) is 19.1 Å². The molecule has 0 saturated heterocycles. The van der Waals surface area contributed by atoms with E-state index in [1.807, 2.05) is 30.3 Å². The average Bonchev–Trinajstić information content (AvgIpc) is 3.41. The standard InChI is InChI=1S/C18H30N4O.HI/c1-3-19-18(20-12-14-22(4-2)16-10-11-16)21-13-15-23-17-8-6-5-7-9-17;/h5-9,16H,3-4,10-15H2,1-2H3,(H2,19,20,21);1H. The number of rotatable bonds is 10. The Hall–Kier alpha value is -1.02. The van der Waals surface area contributed by atoms with Gasteiger partial charge < -0.3 is 15.4 Å². The molecule has 0 spiro atoms. The van der Waals surface area contributed by atoms with E-state index >= 15 is 0 Å². The number of hydrogen-bond donors (Lipinski definition) is 2. The molecular weight excluding hydrogens is 415 g/mol. The van der Waals surface area contributed by atoms with Crippen LogP contribution >= 0.6 is 24.0 Å². The summed E-state index contributed by atoms with van der Waals surface area (Å²) < 4.78 is 5.68. The molecule has 0 aliphatic heterocycles. The van der Waals surface area contributed by atoms with E-state index in [4.69, 9.17) is 4.74 Å². The fraction of sp³-hybridized carbons (Fsp3) is 0.611. The number of para-hydroxylation sites is 1. The van der Waals surface area contributed by atoms with E-state index in [9.17, 15) is 0 Å². The molecular formula is C18H31IN4O. The van der Waals surface area contributed by atoms with E-state index in [-0.39, 0.29) is 24.0 Å². The van der Waals surface area contributed by atoms with Crippen molar-refractivity contribution in [1.29, 1.82) is 0 Å². The Kier molecular flexibility index (Phi) is 10.8. The van der Waals surface area contributed by atoms with E-state index in [0.717, 1.165) is 50.5 Å². The molecule has 24 heavy (non-hydrogen) atoms. The third-order valence-corrected chi connectivity index (χ3v) is 3.88. The van der Waals surface area contributed by atoms with Crippen LogP contribution < -0.4 is 15.4 Å². The van der Waals surface area contributed by atoms with Gasteiger partial charge in [0.25, 0.3) is 0 Å². The van der Waals surface area contributed by atoms with Crippen LogP contribution in [-0.2, 0) is 0 Å². The van der Waals surface area contributed by atoms with Crippen LogP contribution in [0.15, 0.2) is 35.3 Å². The molecule has 1 fully saturated rings. The number of nitrogens with one attached hydrogen (secondary N) is 2. The number of guanidine groups is 1. The van der Waals surface area contributed by atoms with Gasteiger partial charge in [0.1, 0.15) is 12.4 Å². The molecule has 2 rings (SSSR count). The lowest BCUT2D eigenvalue weighted by Crippen LogP contribution is -2.40. The van der Waals surface area contributed by atoms with Crippen molar-refractivity contribution in [3.63, 3.8) is 0 Å². The summed E-state index contributed by atoms with van der Waals surface area (Å²) in [5.74, 6) is 1.77.